The molecule has 148 valence electrons. The maximum Gasteiger partial charge on any atom is 0.302 e. The Kier molecular flexibility index (Phi) is 4.79. The minimum absolute atomic E-state index is 0.131. The van der Waals surface area contributed by atoms with E-state index in [0.29, 0.717) is 10.6 Å². The summed E-state index contributed by atoms with van der Waals surface area (Å²) in [6, 6.07) is 10.3. The predicted octanol–water partition coefficient (Wildman–Crippen LogP) is 4.27. The molecule has 0 saturated carbocycles. The number of nitrogens with zero attached hydrogens (tertiary/aromatic N) is 3. The summed E-state index contributed by atoms with van der Waals surface area (Å²) in [5.41, 5.74) is 10.8. The number of carbonyl (C=O) groups is 1. The highest BCUT2D eigenvalue weighted by Gasteiger charge is 2.22. The van der Waals surface area contributed by atoms with Crippen LogP contribution in [0.2, 0.25) is 0 Å². The first-order chi connectivity index (χ1) is 13.8. The molecule has 3 N–H and O–H groups in total. The molecule has 7 nitrogen and oxygen atoms in total. The van der Waals surface area contributed by atoms with E-state index in [-0.39, 0.29) is 17.8 Å². The fraction of sp³-hybridized carbons (Fsp3) is 0.238. The van der Waals surface area contributed by atoms with Gasteiger partial charge in [0.1, 0.15) is 9.71 Å². The SMILES string of the molecule is Cc1ccc(-c2nc3sc(C(=O)Nc4c[n+](C(C)C)no4)c(N)c3cc2C)cc1. The summed E-state index contributed by atoms with van der Waals surface area (Å²) in [5.74, 6) is -0.0721. The van der Waals surface area contributed by atoms with Crippen LogP contribution in [0.5, 0.6) is 0 Å². The van der Waals surface area contributed by atoms with Crippen LogP contribution >= 0.6 is 11.3 Å². The molecule has 4 aromatic rings. The Morgan fingerprint density at radius 1 is 1.24 bits per heavy atom. The van der Waals surface area contributed by atoms with Crippen molar-refractivity contribution in [2.45, 2.75) is 33.7 Å². The van der Waals surface area contributed by atoms with E-state index in [1.165, 1.54) is 16.9 Å². The van der Waals surface area contributed by atoms with Crippen molar-refractivity contribution in [2.75, 3.05) is 11.1 Å². The van der Waals surface area contributed by atoms with E-state index >= 15 is 0 Å². The first kappa shape index (κ1) is 19.1. The minimum Gasteiger partial charge on any atom is -0.397 e. The number of thiophene rings is 1. The number of fused-ring (bicyclic) bond motifs is 1. The molecule has 8 heteroatoms. The molecular weight excluding hydrogens is 386 g/mol. The van der Waals surface area contributed by atoms with Gasteiger partial charge in [0.2, 0.25) is 5.27 Å². The summed E-state index contributed by atoms with van der Waals surface area (Å²) in [5, 5.41) is 7.37. The lowest BCUT2D eigenvalue weighted by Gasteiger charge is -2.06. The van der Waals surface area contributed by atoms with Crippen molar-refractivity contribution in [1.29, 1.82) is 0 Å². The van der Waals surface area contributed by atoms with Gasteiger partial charge in [0.05, 0.1) is 11.4 Å². The lowest BCUT2D eigenvalue weighted by atomic mass is 10.0. The van der Waals surface area contributed by atoms with E-state index < -0.39 is 0 Å². The zero-order chi connectivity index (χ0) is 20.7. The third-order valence-corrected chi connectivity index (χ3v) is 5.81. The summed E-state index contributed by atoms with van der Waals surface area (Å²) >= 11 is 1.27. The Labute approximate surface area is 172 Å². The minimum atomic E-state index is -0.341. The standard InChI is InChI=1S/C21H21N5O2S/c1-11(2)26-10-16(28-25-26)23-20(27)19-17(22)15-9-13(4)18(24-21(15)29-19)14-7-5-12(3)6-8-14/h5-11H,1-4H3,(H2-,22,23,25,27)/p+1. The zero-order valence-corrected chi connectivity index (χ0v) is 17.5. The van der Waals surface area contributed by atoms with Crippen LogP contribution in [-0.2, 0) is 0 Å². The number of aromatic nitrogens is 3. The highest BCUT2D eigenvalue weighted by atomic mass is 32.1. The molecule has 29 heavy (non-hydrogen) atoms. The first-order valence-corrected chi connectivity index (χ1v) is 10.1. The smallest absolute Gasteiger partial charge is 0.302 e. The maximum atomic E-state index is 12.8. The van der Waals surface area contributed by atoms with Crippen LogP contribution in [0.3, 0.4) is 0 Å². The van der Waals surface area contributed by atoms with Gasteiger partial charge in [0, 0.05) is 10.9 Å². The predicted molar refractivity (Wildman–Crippen MR) is 114 cm³/mol. The lowest BCUT2D eigenvalue weighted by Crippen LogP contribution is -2.36. The second-order valence-electron chi connectivity index (χ2n) is 7.31. The highest BCUT2D eigenvalue weighted by molar-refractivity contribution is 7.21. The molecule has 0 aliphatic rings. The summed E-state index contributed by atoms with van der Waals surface area (Å²) in [6.07, 6.45) is 1.64. The molecule has 1 amide bonds. The number of hydrogen-bond donors (Lipinski definition) is 2. The molecule has 3 heterocycles. The monoisotopic (exact) mass is 408 g/mol. The number of aryl methyl sites for hydroxylation is 2. The summed E-state index contributed by atoms with van der Waals surface area (Å²) in [4.78, 5) is 18.7. The van der Waals surface area contributed by atoms with Crippen LogP contribution in [0, 0.1) is 13.8 Å². The van der Waals surface area contributed by atoms with Crippen molar-refractivity contribution in [2.24, 2.45) is 0 Å². The largest absolute Gasteiger partial charge is 0.397 e. The number of rotatable bonds is 4. The molecular formula is C21H22N5O2S+. The lowest BCUT2D eigenvalue weighted by molar-refractivity contribution is -0.779. The summed E-state index contributed by atoms with van der Waals surface area (Å²) < 4.78 is 6.79. The van der Waals surface area contributed by atoms with Crippen LogP contribution in [0.4, 0.5) is 11.6 Å². The van der Waals surface area contributed by atoms with Crippen LogP contribution in [0.1, 0.15) is 40.7 Å². The van der Waals surface area contributed by atoms with Gasteiger partial charge in [-0.25, -0.2) is 4.98 Å². The average molecular weight is 409 g/mol. The van der Waals surface area contributed by atoms with Gasteiger partial charge in [-0.3, -0.25) is 14.6 Å². The van der Waals surface area contributed by atoms with Crippen molar-refractivity contribution < 1.29 is 14.0 Å². The van der Waals surface area contributed by atoms with Crippen LogP contribution in [0.15, 0.2) is 41.1 Å². The summed E-state index contributed by atoms with van der Waals surface area (Å²) in [7, 11) is 0. The molecule has 0 saturated heterocycles. The van der Waals surface area contributed by atoms with Crippen molar-refractivity contribution in [3.05, 3.63) is 52.5 Å². The van der Waals surface area contributed by atoms with Gasteiger partial charge in [0.15, 0.2) is 6.04 Å². The highest BCUT2D eigenvalue weighted by Crippen LogP contribution is 2.36. The number of carbonyl (C=O) groups excluding carboxylic acids is 1. The third kappa shape index (κ3) is 3.58. The molecule has 3 aromatic heterocycles. The fourth-order valence-electron chi connectivity index (χ4n) is 3.04. The number of nitrogens with two attached hydrogens (primary N) is 1. The molecule has 0 radical (unpaired) electrons. The molecule has 0 aliphatic carbocycles. The molecule has 0 aliphatic heterocycles. The Balaban J connectivity index is 1.69. The van der Waals surface area contributed by atoms with Crippen LogP contribution in [-0.4, -0.2) is 16.2 Å². The van der Waals surface area contributed by atoms with E-state index in [0.717, 1.165) is 27.0 Å². The Morgan fingerprint density at radius 2 is 1.97 bits per heavy atom. The van der Waals surface area contributed by atoms with Gasteiger partial charge in [-0.05, 0) is 44.0 Å². The van der Waals surface area contributed by atoms with Crippen molar-refractivity contribution in [3.8, 4) is 11.3 Å². The van der Waals surface area contributed by atoms with Crippen molar-refractivity contribution in [3.63, 3.8) is 0 Å². The van der Waals surface area contributed by atoms with E-state index in [4.69, 9.17) is 15.2 Å². The summed E-state index contributed by atoms with van der Waals surface area (Å²) in [6.45, 7) is 7.99. The molecule has 0 spiro atoms. The fourth-order valence-corrected chi connectivity index (χ4v) is 4.01. The molecule has 0 fully saturated rings. The molecule has 4 rings (SSSR count). The topological polar surface area (TPSA) is 97.9 Å². The van der Waals surface area contributed by atoms with Gasteiger partial charge >= 0.3 is 5.88 Å². The van der Waals surface area contributed by atoms with E-state index in [1.54, 1.807) is 10.9 Å². The number of hydrogen-bond acceptors (Lipinski definition) is 6. The number of amides is 1. The number of nitrogen functional groups attached to an aromatic ring is 1. The average Bonchev–Trinajstić information content (AvgIpc) is 3.27. The molecule has 1 aromatic carbocycles. The van der Waals surface area contributed by atoms with Gasteiger partial charge in [0.25, 0.3) is 12.1 Å². The van der Waals surface area contributed by atoms with Crippen LogP contribution in [0.25, 0.3) is 21.5 Å². The maximum absolute atomic E-state index is 12.8. The normalized spacial score (nSPS) is 11.3. The first-order valence-electron chi connectivity index (χ1n) is 9.29. The second-order valence-corrected chi connectivity index (χ2v) is 8.31. The molecule has 0 unspecified atom stereocenters. The number of nitrogens with one attached hydrogen (secondary N) is 1. The van der Waals surface area contributed by atoms with Gasteiger partial charge in [-0.15, -0.1) is 11.3 Å². The van der Waals surface area contributed by atoms with E-state index in [9.17, 15) is 4.79 Å². The van der Waals surface area contributed by atoms with Gasteiger partial charge in [-0.1, -0.05) is 29.8 Å². The number of anilines is 2. The Hall–Kier alpha value is -3.26. The van der Waals surface area contributed by atoms with Crippen molar-refractivity contribution >= 4 is 39.0 Å². The van der Waals surface area contributed by atoms with E-state index in [2.05, 4.69) is 41.8 Å². The molecule has 0 bridgehead atoms. The number of pyridine rings is 1. The number of benzene rings is 1. The third-order valence-electron chi connectivity index (χ3n) is 4.69. The Morgan fingerprint density at radius 3 is 2.62 bits per heavy atom. The molecule has 0 atom stereocenters. The quantitative estimate of drug-likeness (QED) is 0.491. The zero-order valence-electron chi connectivity index (χ0n) is 16.7. The van der Waals surface area contributed by atoms with Gasteiger partial charge < -0.3 is 5.73 Å². The van der Waals surface area contributed by atoms with Crippen molar-refractivity contribution in [1.82, 2.24) is 10.3 Å². The van der Waals surface area contributed by atoms with Gasteiger partial charge in [-0.2, -0.15) is 0 Å². The Bertz CT molecular complexity index is 1210. The van der Waals surface area contributed by atoms with E-state index in [1.807, 2.05) is 26.8 Å². The second kappa shape index (κ2) is 7.29. The van der Waals surface area contributed by atoms with Crippen LogP contribution < -0.4 is 15.7 Å².